The Morgan fingerprint density at radius 1 is 0.397 bits per heavy atom. The average molecular weight is 742 g/mol. The van der Waals surface area contributed by atoms with Crippen LogP contribution in [0.4, 0.5) is 0 Å². The zero-order chi connectivity index (χ0) is 39.4. The molecule has 0 unspecified atom stereocenters. The summed E-state index contributed by atoms with van der Waals surface area (Å²) in [6.45, 7) is 11.2. The molecule has 1 heteroatoms. The fourth-order valence-corrected chi connectivity index (χ4v) is 7.82. The van der Waals surface area contributed by atoms with E-state index in [0.29, 0.717) is 6.42 Å². The van der Waals surface area contributed by atoms with Crippen molar-refractivity contribution >= 4 is 49.3 Å². The van der Waals surface area contributed by atoms with E-state index in [1.165, 1.54) is 60.3 Å². The summed E-state index contributed by atoms with van der Waals surface area (Å²) in [7, 11) is 0. The Morgan fingerprint density at radius 3 is 1.22 bits per heavy atom. The maximum atomic E-state index is 5.34. The fraction of sp³-hybridized carbons (Fsp3) is 0.0351. The molecular weight excluding hydrogens is 699 g/mol. The first-order valence-electron chi connectivity index (χ1n) is 19.8. The van der Waals surface area contributed by atoms with Crippen LogP contribution in [-0.4, -0.2) is 5.71 Å². The molecular formula is C57H43N. The molecule has 0 aliphatic heterocycles. The van der Waals surface area contributed by atoms with Gasteiger partial charge in [0.15, 0.2) is 0 Å². The molecule has 0 spiro atoms. The van der Waals surface area contributed by atoms with Gasteiger partial charge in [0.05, 0.1) is 5.70 Å². The molecule has 0 heterocycles. The molecule has 0 saturated heterocycles. The van der Waals surface area contributed by atoms with Gasteiger partial charge in [0, 0.05) is 11.3 Å². The Labute approximate surface area is 341 Å². The second kappa shape index (κ2) is 16.0. The van der Waals surface area contributed by atoms with Crippen LogP contribution in [-0.2, 0) is 0 Å². The van der Waals surface area contributed by atoms with Gasteiger partial charge in [-0.15, -0.1) is 0 Å². The van der Waals surface area contributed by atoms with Crippen LogP contribution in [0.15, 0.2) is 230 Å². The third-order valence-electron chi connectivity index (χ3n) is 11.0. The Morgan fingerprint density at radius 2 is 0.759 bits per heavy atom. The van der Waals surface area contributed by atoms with Crippen molar-refractivity contribution in [1.82, 2.24) is 0 Å². The number of allylic oxidation sites excluding steroid dienone is 3. The molecule has 0 aliphatic carbocycles. The van der Waals surface area contributed by atoms with Crippen LogP contribution in [0.1, 0.15) is 30.0 Å². The fourth-order valence-electron chi connectivity index (χ4n) is 7.82. The van der Waals surface area contributed by atoms with Crippen molar-refractivity contribution in [2.24, 2.45) is 4.99 Å². The first-order chi connectivity index (χ1) is 28.4. The van der Waals surface area contributed by atoms with Gasteiger partial charge in [0.25, 0.3) is 0 Å². The molecule has 0 radical (unpaired) electrons. The minimum Gasteiger partial charge on any atom is -0.253 e. The number of hydrogen-bond acceptors (Lipinski definition) is 1. The van der Waals surface area contributed by atoms with Gasteiger partial charge in [0.1, 0.15) is 0 Å². The Hall–Kier alpha value is -7.35. The second-order valence-electron chi connectivity index (χ2n) is 15.1. The molecule has 0 aromatic heterocycles. The largest absolute Gasteiger partial charge is 0.253 e. The summed E-state index contributed by atoms with van der Waals surface area (Å²) >= 11 is 0. The van der Waals surface area contributed by atoms with Crippen LogP contribution in [0.25, 0.3) is 77.0 Å². The molecule has 9 aromatic carbocycles. The number of nitrogens with zero attached hydrogens (tertiary/aromatic N) is 1. The number of fused-ring (bicyclic) bond motifs is 3. The summed E-state index contributed by atoms with van der Waals surface area (Å²) in [6.07, 6.45) is 2.76. The second-order valence-corrected chi connectivity index (χ2v) is 15.1. The smallest absolute Gasteiger partial charge is 0.0708 e. The summed E-state index contributed by atoms with van der Waals surface area (Å²) in [5, 5.41) is 7.14. The highest BCUT2D eigenvalue weighted by Crippen LogP contribution is 2.32. The van der Waals surface area contributed by atoms with Gasteiger partial charge in [-0.1, -0.05) is 177 Å². The lowest BCUT2D eigenvalue weighted by atomic mass is 9.95. The van der Waals surface area contributed by atoms with Crippen molar-refractivity contribution in [3.8, 4) is 33.4 Å². The Balaban J connectivity index is 1.03. The van der Waals surface area contributed by atoms with Crippen molar-refractivity contribution in [2.75, 3.05) is 0 Å². The molecule has 0 saturated carbocycles. The zero-order valence-corrected chi connectivity index (χ0v) is 32.7. The van der Waals surface area contributed by atoms with E-state index in [0.717, 1.165) is 44.6 Å². The molecule has 0 atom stereocenters. The van der Waals surface area contributed by atoms with Gasteiger partial charge in [-0.25, -0.2) is 0 Å². The van der Waals surface area contributed by atoms with Gasteiger partial charge in [0.2, 0.25) is 0 Å². The molecule has 276 valence electrons. The summed E-state index contributed by atoms with van der Waals surface area (Å²) in [6, 6.07) is 71.5. The molecule has 0 bridgehead atoms. The highest BCUT2D eigenvalue weighted by Gasteiger charge is 2.11. The Kier molecular flexibility index (Phi) is 10.0. The topological polar surface area (TPSA) is 12.4 Å². The highest BCUT2D eigenvalue weighted by atomic mass is 14.8. The standard InChI is InChI=1S/C57H43N/c1-39(31-40(2)45-19-21-52-35-47(23-26-50(52)33-45)42-13-7-4-8-14-42)32-57(56-30-29-54-37-49(25-28-55(54)38-56)44-17-11-6-12-18-44)58-41(3)46-20-22-53-36-48(24-27-51(53)34-46)43-15-9-5-10-16-43/h4-30,32-38H,1-2,31H2,3H3/b57-32+,58-41?. The van der Waals surface area contributed by atoms with E-state index in [4.69, 9.17) is 4.99 Å². The minimum atomic E-state index is 0.624. The third-order valence-corrected chi connectivity index (χ3v) is 11.0. The van der Waals surface area contributed by atoms with E-state index in [1.54, 1.807) is 0 Å². The van der Waals surface area contributed by atoms with Gasteiger partial charge in [-0.2, -0.15) is 0 Å². The number of rotatable bonds is 10. The molecule has 0 N–H and O–H groups in total. The predicted octanol–water partition coefficient (Wildman–Crippen LogP) is 15.7. The zero-order valence-electron chi connectivity index (χ0n) is 32.7. The lowest BCUT2D eigenvalue weighted by molar-refractivity contribution is 1.31. The first kappa shape index (κ1) is 36.3. The van der Waals surface area contributed by atoms with E-state index in [1.807, 2.05) is 0 Å². The Bertz CT molecular complexity index is 3040. The maximum absolute atomic E-state index is 5.34. The lowest BCUT2D eigenvalue weighted by Gasteiger charge is -2.12. The van der Waals surface area contributed by atoms with Crippen molar-refractivity contribution in [2.45, 2.75) is 13.3 Å². The third kappa shape index (κ3) is 7.85. The van der Waals surface area contributed by atoms with E-state index < -0.39 is 0 Å². The van der Waals surface area contributed by atoms with Crippen LogP contribution in [0.5, 0.6) is 0 Å². The van der Waals surface area contributed by atoms with Crippen LogP contribution in [0.3, 0.4) is 0 Å². The van der Waals surface area contributed by atoms with E-state index in [9.17, 15) is 0 Å². The number of hydrogen-bond donors (Lipinski definition) is 0. The van der Waals surface area contributed by atoms with Crippen molar-refractivity contribution in [1.29, 1.82) is 0 Å². The first-order valence-corrected chi connectivity index (χ1v) is 19.8. The molecule has 9 rings (SSSR count). The summed E-state index contributed by atoms with van der Waals surface area (Å²) in [4.78, 5) is 5.34. The van der Waals surface area contributed by atoms with Crippen molar-refractivity contribution in [3.05, 3.63) is 242 Å². The summed E-state index contributed by atoms with van der Waals surface area (Å²) < 4.78 is 0. The van der Waals surface area contributed by atoms with E-state index in [-0.39, 0.29) is 0 Å². The molecule has 0 amide bonds. The van der Waals surface area contributed by atoms with Gasteiger partial charge < -0.3 is 0 Å². The molecule has 58 heavy (non-hydrogen) atoms. The highest BCUT2D eigenvalue weighted by molar-refractivity contribution is 6.05. The van der Waals surface area contributed by atoms with Gasteiger partial charge >= 0.3 is 0 Å². The molecule has 0 aliphatic rings. The number of benzene rings is 9. The predicted molar refractivity (Wildman–Crippen MR) is 251 cm³/mol. The summed E-state index contributed by atoms with van der Waals surface area (Å²) in [5.74, 6) is 0. The van der Waals surface area contributed by atoms with Crippen LogP contribution in [0.2, 0.25) is 0 Å². The van der Waals surface area contributed by atoms with Gasteiger partial charge in [-0.05, 0) is 144 Å². The van der Waals surface area contributed by atoms with Crippen molar-refractivity contribution in [3.63, 3.8) is 0 Å². The van der Waals surface area contributed by atoms with Crippen molar-refractivity contribution < 1.29 is 0 Å². The SMILES string of the molecule is C=C(/C=C(/N=C(C)c1ccc2cc(-c3ccccc3)ccc2c1)c1ccc2cc(-c3ccccc3)ccc2c1)CC(=C)c1ccc2cc(-c3ccccc3)ccc2c1. The average Bonchev–Trinajstić information content (AvgIpc) is 3.28. The normalized spacial score (nSPS) is 11.9. The maximum Gasteiger partial charge on any atom is 0.0708 e. The molecule has 9 aromatic rings. The number of aliphatic imine (C=N–C) groups is 1. The van der Waals surface area contributed by atoms with E-state index >= 15 is 0 Å². The summed E-state index contributed by atoms with van der Waals surface area (Å²) in [5.41, 5.74) is 14.3. The molecule has 0 fully saturated rings. The van der Waals surface area contributed by atoms with E-state index in [2.05, 4.69) is 226 Å². The van der Waals surface area contributed by atoms with Crippen LogP contribution >= 0.6 is 0 Å². The van der Waals surface area contributed by atoms with Crippen LogP contribution < -0.4 is 0 Å². The van der Waals surface area contributed by atoms with Crippen LogP contribution in [0, 0.1) is 0 Å². The quantitative estimate of drug-likeness (QED) is 0.0978. The molecule has 1 nitrogen and oxygen atoms in total. The van der Waals surface area contributed by atoms with Gasteiger partial charge in [-0.3, -0.25) is 4.99 Å². The monoisotopic (exact) mass is 741 g/mol. The minimum absolute atomic E-state index is 0.624. The lowest BCUT2D eigenvalue weighted by Crippen LogP contribution is -1.97.